The minimum absolute atomic E-state index is 0.188. The Labute approximate surface area is 102 Å². The Morgan fingerprint density at radius 1 is 0.706 bits per heavy atom. The number of hydrogen-bond donors (Lipinski definition) is 4. The van der Waals surface area contributed by atoms with Crippen LogP contribution in [0.15, 0.2) is 0 Å². The zero-order valence-electron chi connectivity index (χ0n) is 10.5. The maximum atomic E-state index is 8.85. The minimum atomic E-state index is -0.580. The van der Waals surface area contributed by atoms with Crippen LogP contribution in [0.2, 0.25) is 0 Å². The van der Waals surface area contributed by atoms with Gasteiger partial charge >= 0.3 is 0 Å². The van der Waals surface area contributed by atoms with Gasteiger partial charge in [-0.1, -0.05) is 0 Å². The second kappa shape index (κ2) is 9.76. The molecule has 0 aliphatic carbocycles. The van der Waals surface area contributed by atoms with E-state index in [9.17, 15) is 0 Å². The SMILES string of the molecule is CC(CC(C)OC(CO)CO)OC(CO)CO. The van der Waals surface area contributed by atoms with Crippen molar-refractivity contribution in [2.24, 2.45) is 0 Å². The molecule has 0 spiro atoms. The van der Waals surface area contributed by atoms with Crippen LogP contribution in [0.5, 0.6) is 0 Å². The van der Waals surface area contributed by atoms with Gasteiger partial charge in [0.15, 0.2) is 0 Å². The van der Waals surface area contributed by atoms with Gasteiger partial charge in [-0.3, -0.25) is 0 Å². The fourth-order valence-electron chi connectivity index (χ4n) is 1.52. The molecule has 0 aliphatic heterocycles. The smallest absolute Gasteiger partial charge is 0.104 e. The first kappa shape index (κ1) is 16.8. The van der Waals surface area contributed by atoms with Crippen LogP contribution in [-0.2, 0) is 9.47 Å². The molecule has 0 aromatic rings. The molecular weight excluding hydrogens is 228 g/mol. The van der Waals surface area contributed by atoms with Crippen molar-refractivity contribution in [2.45, 2.75) is 44.7 Å². The molecule has 0 aliphatic rings. The summed E-state index contributed by atoms with van der Waals surface area (Å²) < 4.78 is 10.7. The number of ether oxygens (including phenoxy) is 2. The number of hydrogen-bond acceptors (Lipinski definition) is 6. The Morgan fingerprint density at radius 3 is 1.24 bits per heavy atom. The molecule has 0 saturated carbocycles. The van der Waals surface area contributed by atoms with Gasteiger partial charge in [0.25, 0.3) is 0 Å². The van der Waals surface area contributed by atoms with Gasteiger partial charge in [0.2, 0.25) is 0 Å². The molecule has 2 atom stereocenters. The summed E-state index contributed by atoms with van der Waals surface area (Å²) >= 11 is 0. The van der Waals surface area contributed by atoms with E-state index in [0.29, 0.717) is 6.42 Å². The normalized spacial score (nSPS) is 15.5. The first-order valence-corrected chi connectivity index (χ1v) is 5.81. The molecule has 2 unspecified atom stereocenters. The fourth-order valence-corrected chi connectivity index (χ4v) is 1.52. The van der Waals surface area contributed by atoms with Crippen LogP contribution in [0.4, 0.5) is 0 Å². The van der Waals surface area contributed by atoms with Gasteiger partial charge in [0.1, 0.15) is 12.2 Å². The number of aliphatic hydroxyl groups excluding tert-OH is 4. The summed E-state index contributed by atoms with van der Waals surface area (Å²) in [5.41, 5.74) is 0. The van der Waals surface area contributed by atoms with E-state index in [4.69, 9.17) is 29.9 Å². The van der Waals surface area contributed by atoms with Gasteiger partial charge in [0.05, 0.1) is 38.6 Å². The predicted molar refractivity (Wildman–Crippen MR) is 61.6 cm³/mol. The second-order valence-corrected chi connectivity index (χ2v) is 4.10. The van der Waals surface area contributed by atoms with Crippen LogP contribution in [-0.4, -0.2) is 71.3 Å². The second-order valence-electron chi connectivity index (χ2n) is 4.10. The first-order chi connectivity index (χ1) is 8.07. The fraction of sp³-hybridized carbons (Fsp3) is 1.00. The molecule has 0 saturated heterocycles. The van der Waals surface area contributed by atoms with Crippen LogP contribution in [0.25, 0.3) is 0 Å². The lowest BCUT2D eigenvalue weighted by atomic mass is 10.2. The van der Waals surface area contributed by atoms with Crippen LogP contribution >= 0.6 is 0 Å². The van der Waals surface area contributed by atoms with E-state index >= 15 is 0 Å². The minimum Gasteiger partial charge on any atom is -0.394 e. The molecule has 4 N–H and O–H groups in total. The lowest BCUT2D eigenvalue weighted by Crippen LogP contribution is -2.32. The van der Waals surface area contributed by atoms with E-state index in [0.717, 1.165) is 0 Å². The van der Waals surface area contributed by atoms with Crippen molar-refractivity contribution in [3.05, 3.63) is 0 Å². The molecule has 0 bridgehead atoms. The third-order valence-electron chi connectivity index (χ3n) is 2.33. The summed E-state index contributed by atoms with van der Waals surface area (Å²) in [4.78, 5) is 0. The third kappa shape index (κ3) is 7.64. The largest absolute Gasteiger partial charge is 0.394 e. The summed E-state index contributed by atoms with van der Waals surface area (Å²) in [6.45, 7) is 2.70. The number of rotatable bonds is 10. The van der Waals surface area contributed by atoms with Gasteiger partial charge in [-0.15, -0.1) is 0 Å². The molecule has 0 rings (SSSR count). The molecule has 6 nitrogen and oxygen atoms in total. The highest BCUT2D eigenvalue weighted by atomic mass is 16.5. The molecule has 0 aromatic heterocycles. The monoisotopic (exact) mass is 252 g/mol. The Kier molecular flexibility index (Phi) is 9.62. The van der Waals surface area contributed by atoms with Crippen molar-refractivity contribution in [2.75, 3.05) is 26.4 Å². The highest BCUT2D eigenvalue weighted by molar-refractivity contribution is 4.64. The van der Waals surface area contributed by atoms with E-state index < -0.39 is 12.2 Å². The summed E-state index contributed by atoms with van der Waals surface area (Å²) in [7, 11) is 0. The summed E-state index contributed by atoms with van der Waals surface area (Å²) in [5.74, 6) is 0. The van der Waals surface area contributed by atoms with Gasteiger partial charge in [-0.2, -0.15) is 0 Å². The van der Waals surface area contributed by atoms with Crippen LogP contribution in [0, 0.1) is 0 Å². The van der Waals surface area contributed by atoms with E-state index in [2.05, 4.69) is 0 Å². The first-order valence-electron chi connectivity index (χ1n) is 5.81. The van der Waals surface area contributed by atoms with Crippen molar-refractivity contribution in [3.63, 3.8) is 0 Å². The topological polar surface area (TPSA) is 99.4 Å². The van der Waals surface area contributed by atoms with Crippen molar-refractivity contribution in [1.82, 2.24) is 0 Å². The number of aliphatic hydroxyl groups is 4. The van der Waals surface area contributed by atoms with Gasteiger partial charge in [-0.25, -0.2) is 0 Å². The zero-order valence-corrected chi connectivity index (χ0v) is 10.5. The summed E-state index contributed by atoms with van der Waals surface area (Å²) in [6, 6.07) is 0. The lowest BCUT2D eigenvalue weighted by Gasteiger charge is -2.24. The van der Waals surface area contributed by atoms with E-state index in [-0.39, 0.29) is 38.6 Å². The molecule has 17 heavy (non-hydrogen) atoms. The van der Waals surface area contributed by atoms with Gasteiger partial charge in [0, 0.05) is 0 Å². The Bertz CT molecular complexity index is 151. The highest BCUT2D eigenvalue weighted by Gasteiger charge is 2.17. The van der Waals surface area contributed by atoms with E-state index in [1.807, 2.05) is 13.8 Å². The highest BCUT2D eigenvalue weighted by Crippen LogP contribution is 2.10. The maximum absolute atomic E-state index is 8.85. The maximum Gasteiger partial charge on any atom is 0.104 e. The van der Waals surface area contributed by atoms with Crippen molar-refractivity contribution < 1.29 is 29.9 Å². The van der Waals surface area contributed by atoms with E-state index in [1.54, 1.807) is 0 Å². The third-order valence-corrected chi connectivity index (χ3v) is 2.33. The molecule has 0 heterocycles. The van der Waals surface area contributed by atoms with Crippen molar-refractivity contribution in [1.29, 1.82) is 0 Å². The zero-order chi connectivity index (χ0) is 13.3. The molecule has 104 valence electrons. The average Bonchev–Trinajstić information content (AvgIpc) is 2.32. The van der Waals surface area contributed by atoms with Gasteiger partial charge in [-0.05, 0) is 20.3 Å². The molecule has 0 amide bonds. The Morgan fingerprint density at radius 2 is 1.00 bits per heavy atom. The molecule has 0 aromatic carbocycles. The standard InChI is InChI=1S/C11H24O6/c1-8(16-10(4-12)5-13)3-9(2)17-11(6-14)7-15/h8-15H,3-7H2,1-2H3. The van der Waals surface area contributed by atoms with Crippen LogP contribution in [0.1, 0.15) is 20.3 Å². The van der Waals surface area contributed by atoms with Crippen molar-refractivity contribution in [3.8, 4) is 0 Å². The van der Waals surface area contributed by atoms with E-state index in [1.165, 1.54) is 0 Å². The quantitative estimate of drug-likeness (QED) is 0.393. The van der Waals surface area contributed by atoms with Gasteiger partial charge < -0.3 is 29.9 Å². The van der Waals surface area contributed by atoms with Crippen LogP contribution < -0.4 is 0 Å². The molecular formula is C11H24O6. The predicted octanol–water partition coefficient (Wildman–Crippen LogP) is -1.11. The molecule has 0 fully saturated rings. The van der Waals surface area contributed by atoms with Crippen LogP contribution in [0.3, 0.4) is 0 Å². The lowest BCUT2D eigenvalue weighted by molar-refractivity contribution is -0.0984. The molecule has 0 radical (unpaired) electrons. The summed E-state index contributed by atoms with van der Waals surface area (Å²) in [6.07, 6.45) is -0.987. The Balaban J connectivity index is 3.89. The summed E-state index contributed by atoms with van der Waals surface area (Å²) in [5, 5.41) is 35.4. The average molecular weight is 252 g/mol. The van der Waals surface area contributed by atoms with Crippen molar-refractivity contribution >= 4 is 0 Å². The Hall–Kier alpha value is -0.240. The molecule has 6 heteroatoms.